The number of amides is 2. The molecule has 1 aliphatic heterocycles. The molecule has 2 aromatic rings. The first-order valence-corrected chi connectivity index (χ1v) is 9.54. The Hall–Kier alpha value is -3.02. The molecule has 6 heteroatoms. The average molecular weight is 381 g/mol. The first kappa shape index (κ1) is 19.7. The number of hydrogen-bond donors (Lipinski definition) is 1. The van der Waals surface area contributed by atoms with Crippen LogP contribution in [0.1, 0.15) is 22.8 Å². The molecule has 0 radical (unpaired) electrons. The zero-order valence-corrected chi connectivity index (χ0v) is 16.6. The van der Waals surface area contributed by atoms with E-state index in [1.807, 2.05) is 54.3 Å². The molecule has 1 aliphatic rings. The van der Waals surface area contributed by atoms with E-state index in [1.165, 1.54) is 0 Å². The quantitative estimate of drug-likeness (QED) is 0.864. The molecule has 0 aliphatic carbocycles. The normalized spacial score (nSPS) is 15.1. The molecule has 1 unspecified atom stereocenters. The Morgan fingerprint density at radius 3 is 2.43 bits per heavy atom. The van der Waals surface area contributed by atoms with Crippen LogP contribution >= 0.6 is 0 Å². The van der Waals surface area contributed by atoms with Crippen molar-refractivity contribution in [2.24, 2.45) is 0 Å². The number of carbonyl (C=O) groups is 2. The minimum Gasteiger partial charge on any atom is -0.495 e. The zero-order valence-electron chi connectivity index (χ0n) is 16.6. The lowest BCUT2D eigenvalue weighted by Gasteiger charge is -2.37. The summed E-state index contributed by atoms with van der Waals surface area (Å²) in [5.74, 6) is 0.555. The second kappa shape index (κ2) is 8.78. The number of hydrogen-bond acceptors (Lipinski definition) is 4. The molecule has 2 amide bonds. The van der Waals surface area contributed by atoms with Crippen LogP contribution in [-0.4, -0.2) is 56.0 Å². The Morgan fingerprint density at radius 1 is 1.04 bits per heavy atom. The molecule has 0 saturated carbocycles. The summed E-state index contributed by atoms with van der Waals surface area (Å²) in [6.45, 7) is 6.35. The van der Waals surface area contributed by atoms with Crippen molar-refractivity contribution in [1.29, 1.82) is 0 Å². The minimum absolute atomic E-state index is 0.0549. The Labute approximate surface area is 166 Å². The molecule has 0 spiro atoms. The summed E-state index contributed by atoms with van der Waals surface area (Å²) in [5, 5.41) is 2.82. The molecule has 1 atom stereocenters. The Balaban J connectivity index is 1.56. The van der Waals surface area contributed by atoms with E-state index >= 15 is 0 Å². The molecule has 3 rings (SSSR count). The van der Waals surface area contributed by atoms with Crippen LogP contribution in [0.3, 0.4) is 0 Å². The van der Waals surface area contributed by atoms with Gasteiger partial charge in [0.2, 0.25) is 5.91 Å². The van der Waals surface area contributed by atoms with Crippen molar-refractivity contribution in [3.8, 4) is 5.75 Å². The van der Waals surface area contributed by atoms with Gasteiger partial charge < -0.3 is 19.9 Å². The van der Waals surface area contributed by atoms with Gasteiger partial charge in [-0.05, 0) is 38.1 Å². The van der Waals surface area contributed by atoms with Gasteiger partial charge >= 0.3 is 0 Å². The van der Waals surface area contributed by atoms with Crippen molar-refractivity contribution in [1.82, 2.24) is 10.2 Å². The number of aryl methyl sites for hydroxylation is 1. The van der Waals surface area contributed by atoms with E-state index in [0.717, 1.165) is 30.1 Å². The number of anilines is 1. The highest BCUT2D eigenvalue weighted by molar-refractivity contribution is 5.97. The van der Waals surface area contributed by atoms with Gasteiger partial charge in [0.25, 0.3) is 5.91 Å². The van der Waals surface area contributed by atoms with E-state index in [-0.39, 0.29) is 11.8 Å². The average Bonchev–Trinajstić information content (AvgIpc) is 2.73. The van der Waals surface area contributed by atoms with Crippen LogP contribution in [0.2, 0.25) is 0 Å². The fourth-order valence-corrected chi connectivity index (χ4v) is 3.46. The third kappa shape index (κ3) is 4.44. The molecular weight excluding hydrogens is 354 g/mol. The molecule has 1 heterocycles. The third-order valence-electron chi connectivity index (χ3n) is 5.02. The number of benzene rings is 2. The number of nitrogens with one attached hydrogen (secondary N) is 1. The van der Waals surface area contributed by atoms with Gasteiger partial charge in [-0.1, -0.05) is 29.8 Å². The molecule has 1 N–H and O–H groups in total. The third-order valence-corrected chi connectivity index (χ3v) is 5.02. The molecule has 6 nitrogen and oxygen atoms in total. The molecule has 1 fully saturated rings. The van der Waals surface area contributed by atoms with Crippen molar-refractivity contribution in [2.75, 3.05) is 38.2 Å². The number of rotatable bonds is 5. The molecular formula is C22H27N3O3. The first-order chi connectivity index (χ1) is 13.5. The summed E-state index contributed by atoms with van der Waals surface area (Å²) in [7, 11) is 1.66. The van der Waals surface area contributed by atoms with Gasteiger partial charge in [0.15, 0.2) is 0 Å². The van der Waals surface area contributed by atoms with E-state index in [9.17, 15) is 9.59 Å². The van der Waals surface area contributed by atoms with Crippen molar-refractivity contribution in [3.05, 3.63) is 59.7 Å². The topological polar surface area (TPSA) is 61.9 Å². The van der Waals surface area contributed by atoms with Gasteiger partial charge in [-0.15, -0.1) is 0 Å². The van der Waals surface area contributed by atoms with Crippen LogP contribution in [-0.2, 0) is 4.79 Å². The summed E-state index contributed by atoms with van der Waals surface area (Å²) < 4.78 is 5.44. The number of piperazine rings is 1. The fourth-order valence-electron chi connectivity index (χ4n) is 3.46. The lowest BCUT2D eigenvalue weighted by Crippen LogP contribution is -2.54. The number of methoxy groups -OCH3 is 1. The van der Waals surface area contributed by atoms with E-state index in [2.05, 4.69) is 10.2 Å². The lowest BCUT2D eigenvalue weighted by molar-refractivity contribution is -0.133. The van der Waals surface area contributed by atoms with Crippen LogP contribution in [0.15, 0.2) is 48.5 Å². The molecule has 0 bridgehead atoms. The van der Waals surface area contributed by atoms with Crippen molar-refractivity contribution < 1.29 is 14.3 Å². The zero-order chi connectivity index (χ0) is 20.1. The van der Waals surface area contributed by atoms with Gasteiger partial charge in [0, 0.05) is 31.7 Å². The summed E-state index contributed by atoms with van der Waals surface area (Å²) in [6, 6.07) is 14.7. The smallest absolute Gasteiger partial charge is 0.251 e. The van der Waals surface area contributed by atoms with E-state index in [4.69, 9.17) is 4.74 Å². The van der Waals surface area contributed by atoms with Crippen LogP contribution in [0.25, 0.3) is 0 Å². The van der Waals surface area contributed by atoms with Crippen LogP contribution in [0, 0.1) is 6.92 Å². The molecule has 28 heavy (non-hydrogen) atoms. The monoisotopic (exact) mass is 381 g/mol. The van der Waals surface area contributed by atoms with E-state index < -0.39 is 6.04 Å². The number of carbonyl (C=O) groups excluding carboxylic acids is 2. The van der Waals surface area contributed by atoms with Crippen LogP contribution < -0.4 is 15.0 Å². The highest BCUT2D eigenvalue weighted by Crippen LogP contribution is 2.28. The molecule has 148 valence electrons. The highest BCUT2D eigenvalue weighted by Gasteiger charge is 2.27. The number of para-hydroxylation sites is 2. The SMILES string of the molecule is COc1ccccc1N1CCN(C(=O)C(C)NC(=O)c2cccc(C)c2)CC1. The van der Waals surface area contributed by atoms with Gasteiger partial charge in [0.1, 0.15) is 11.8 Å². The maximum Gasteiger partial charge on any atom is 0.251 e. The largest absolute Gasteiger partial charge is 0.495 e. The predicted octanol–water partition coefficient (Wildman–Crippen LogP) is 2.47. The fraction of sp³-hybridized carbons (Fsp3) is 0.364. The van der Waals surface area contributed by atoms with E-state index in [1.54, 1.807) is 20.1 Å². The maximum absolute atomic E-state index is 12.8. The predicted molar refractivity (Wildman–Crippen MR) is 110 cm³/mol. The molecule has 0 aromatic heterocycles. The van der Waals surface area contributed by atoms with E-state index in [0.29, 0.717) is 18.7 Å². The molecule has 2 aromatic carbocycles. The first-order valence-electron chi connectivity index (χ1n) is 9.54. The Morgan fingerprint density at radius 2 is 1.75 bits per heavy atom. The Bertz CT molecular complexity index is 844. The van der Waals surface area contributed by atoms with Crippen molar-refractivity contribution in [3.63, 3.8) is 0 Å². The number of ether oxygens (including phenoxy) is 1. The van der Waals surface area contributed by atoms with Gasteiger partial charge in [-0.2, -0.15) is 0 Å². The summed E-state index contributed by atoms with van der Waals surface area (Å²) in [4.78, 5) is 29.2. The van der Waals surface area contributed by atoms with Crippen molar-refractivity contribution in [2.45, 2.75) is 19.9 Å². The summed E-state index contributed by atoms with van der Waals surface area (Å²) in [6.07, 6.45) is 0. The molecule has 1 saturated heterocycles. The standard InChI is InChI=1S/C22H27N3O3/c1-16-7-6-8-18(15-16)21(26)23-17(2)22(27)25-13-11-24(12-14-25)19-9-4-5-10-20(19)28-3/h4-10,15,17H,11-14H2,1-3H3,(H,23,26). The maximum atomic E-state index is 12.8. The highest BCUT2D eigenvalue weighted by atomic mass is 16.5. The second-order valence-electron chi connectivity index (χ2n) is 7.05. The lowest BCUT2D eigenvalue weighted by atomic mass is 10.1. The number of nitrogens with zero attached hydrogens (tertiary/aromatic N) is 2. The Kier molecular flexibility index (Phi) is 6.19. The van der Waals surface area contributed by atoms with Gasteiger partial charge in [-0.3, -0.25) is 9.59 Å². The van der Waals surface area contributed by atoms with Gasteiger partial charge in [-0.25, -0.2) is 0 Å². The minimum atomic E-state index is -0.564. The second-order valence-corrected chi connectivity index (χ2v) is 7.05. The van der Waals surface area contributed by atoms with Gasteiger partial charge in [0.05, 0.1) is 12.8 Å². The summed E-state index contributed by atoms with van der Waals surface area (Å²) >= 11 is 0. The summed E-state index contributed by atoms with van der Waals surface area (Å²) in [5.41, 5.74) is 2.62. The van der Waals surface area contributed by atoms with Crippen LogP contribution in [0.5, 0.6) is 5.75 Å². The van der Waals surface area contributed by atoms with Crippen molar-refractivity contribution >= 4 is 17.5 Å². The van der Waals surface area contributed by atoms with Crippen LogP contribution in [0.4, 0.5) is 5.69 Å².